The minimum Gasteiger partial charge on any atom is -0.495 e. The van der Waals surface area contributed by atoms with Crippen LogP contribution < -0.4 is 4.74 Å². The molecule has 0 spiro atoms. The van der Waals surface area contributed by atoms with Gasteiger partial charge in [0.25, 0.3) is 11.6 Å². The van der Waals surface area contributed by atoms with Crippen molar-refractivity contribution in [2.45, 2.75) is 17.9 Å². The highest BCUT2D eigenvalue weighted by molar-refractivity contribution is 7.98. The third-order valence-electron chi connectivity index (χ3n) is 4.00. The minimum absolute atomic E-state index is 0.0355. The van der Waals surface area contributed by atoms with Crippen molar-refractivity contribution in [3.63, 3.8) is 0 Å². The smallest absolute Gasteiger partial charge is 0.285 e. The van der Waals surface area contributed by atoms with E-state index in [1.165, 1.54) is 35.9 Å². The van der Waals surface area contributed by atoms with E-state index in [4.69, 9.17) is 4.74 Å². The number of benzene rings is 1. The van der Waals surface area contributed by atoms with Gasteiger partial charge in [-0.2, -0.15) is 0 Å². The van der Waals surface area contributed by atoms with E-state index < -0.39 is 10.8 Å². The third kappa shape index (κ3) is 3.90. The quantitative estimate of drug-likeness (QED) is 0.444. The fourth-order valence-electron chi connectivity index (χ4n) is 2.40. The highest BCUT2D eigenvalue weighted by atomic mass is 32.2. The van der Waals surface area contributed by atoms with Crippen molar-refractivity contribution in [1.29, 1.82) is 0 Å². The Labute approximate surface area is 150 Å². The molecule has 2 rings (SSSR count). The lowest BCUT2D eigenvalue weighted by Crippen LogP contribution is -2.30. The van der Waals surface area contributed by atoms with Crippen molar-refractivity contribution in [2.24, 2.45) is 0 Å². The number of ether oxygens (including phenoxy) is 1. The third-order valence-corrected chi connectivity index (χ3v) is 4.76. The van der Waals surface area contributed by atoms with Crippen LogP contribution in [0.25, 0.3) is 0 Å². The second-order valence-corrected chi connectivity index (χ2v) is 6.21. The summed E-state index contributed by atoms with van der Waals surface area (Å²) in [6, 6.07) is 6.17. The largest absolute Gasteiger partial charge is 0.495 e. The topological polar surface area (TPSA) is 85.6 Å². The number of nitro benzene ring substituents is 1. The molecular formula is C17H19N3O4S. The molecule has 1 amide bonds. The van der Waals surface area contributed by atoms with E-state index in [-0.39, 0.29) is 17.3 Å². The van der Waals surface area contributed by atoms with E-state index in [1.54, 1.807) is 25.5 Å². The zero-order chi connectivity index (χ0) is 18.6. The summed E-state index contributed by atoms with van der Waals surface area (Å²) >= 11 is 1.36. The Morgan fingerprint density at radius 2 is 2.16 bits per heavy atom. The summed E-state index contributed by atoms with van der Waals surface area (Å²) in [5.74, 6) is -0.0558. The summed E-state index contributed by atoms with van der Waals surface area (Å²) < 4.78 is 5.18. The van der Waals surface area contributed by atoms with E-state index in [1.807, 2.05) is 19.2 Å². The zero-order valence-corrected chi connectivity index (χ0v) is 15.2. The van der Waals surface area contributed by atoms with Crippen LogP contribution in [0.15, 0.2) is 41.6 Å². The molecule has 1 aromatic heterocycles. The van der Waals surface area contributed by atoms with Gasteiger partial charge >= 0.3 is 0 Å². The van der Waals surface area contributed by atoms with E-state index in [2.05, 4.69) is 4.98 Å². The molecule has 0 aliphatic rings. The van der Waals surface area contributed by atoms with Crippen LogP contribution in [0.2, 0.25) is 0 Å². The Morgan fingerprint density at radius 3 is 2.68 bits per heavy atom. The van der Waals surface area contributed by atoms with Crippen molar-refractivity contribution in [3.05, 3.63) is 57.9 Å². The number of hydrogen-bond acceptors (Lipinski definition) is 6. The maximum absolute atomic E-state index is 12.9. The van der Waals surface area contributed by atoms with Gasteiger partial charge in [0.15, 0.2) is 0 Å². The molecule has 8 heteroatoms. The van der Waals surface area contributed by atoms with Crippen LogP contribution in [0.5, 0.6) is 5.75 Å². The van der Waals surface area contributed by atoms with Crippen LogP contribution in [0, 0.1) is 10.1 Å². The monoisotopic (exact) mass is 361 g/mol. The van der Waals surface area contributed by atoms with Gasteiger partial charge in [0, 0.05) is 19.4 Å². The van der Waals surface area contributed by atoms with Gasteiger partial charge in [-0.05, 0) is 30.9 Å². The first-order valence-electron chi connectivity index (χ1n) is 7.48. The molecule has 0 aliphatic heterocycles. The van der Waals surface area contributed by atoms with Gasteiger partial charge in [0.2, 0.25) is 0 Å². The van der Waals surface area contributed by atoms with E-state index >= 15 is 0 Å². The van der Waals surface area contributed by atoms with Gasteiger partial charge < -0.3 is 9.64 Å². The normalized spacial score (nSPS) is 11.7. The lowest BCUT2D eigenvalue weighted by atomic mass is 10.1. The fourth-order valence-corrected chi connectivity index (χ4v) is 2.98. The molecule has 0 radical (unpaired) electrons. The Hall–Kier alpha value is -2.61. The number of aromatic nitrogens is 1. The van der Waals surface area contributed by atoms with Crippen LogP contribution >= 0.6 is 11.8 Å². The Morgan fingerprint density at radius 1 is 1.44 bits per heavy atom. The highest BCUT2D eigenvalue weighted by Crippen LogP contribution is 2.35. The minimum atomic E-state index is -0.567. The second kappa shape index (κ2) is 7.98. The molecule has 0 saturated carbocycles. The predicted molar refractivity (Wildman–Crippen MR) is 96.2 cm³/mol. The van der Waals surface area contributed by atoms with Crippen molar-refractivity contribution in [3.8, 4) is 5.75 Å². The van der Waals surface area contributed by atoms with Gasteiger partial charge in [-0.15, -0.1) is 11.8 Å². The molecule has 7 nitrogen and oxygen atoms in total. The predicted octanol–water partition coefficient (Wildman–Crippen LogP) is 3.55. The number of amides is 1. The van der Waals surface area contributed by atoms with Gasteiger partial charge in [0.1, 0.15) is 11.3 Å². The molecule has 1 aromatic carbocycles. The summed E-state index contributed by atoms with van der Waals surface area (Å²) in [5.41, 5.74) is 0.609. The number of methoxy groups -OCH3 is 1. The number of rotatable bonds is 6. The summed E-state index contributed by atoms with van der Waals surface area (Å²) in [6.45, 7) is 1.85. The Balaban J connectivity index is 2.45. The second-order valence-electron chi connectivity index (χ2n) is 5.36. The summed E-state index contributed by atoms with van der Waals surface area (Å²) in [6.07, 6.45) is 5.14. The van der Waals surface area contributed by atoms with Gasteiger partial charge in [-0.25, -0.2) is 0 Å². The van der Waals surface area contributed by atoms with Gasteiger partial charge in [-0.3, -0.25) is 19.9 Å². The first kappa shape index (κ1) is 18.7. The van der Waals surface area contributed by atoms with Crippen LogP contribution in [0.3, 0.4) is 0 Å². The van der Waals surface area contributed by atoms with Crippen molar-refractivity contribution in [2.75, 3.05) is 20.4 Å². The number of thioether (sulfide) groups is 1. The molecule has 0 N–H and O–H groups in total. The molecule has 0 saturated heterocycles. The SMILES string of the molecule is COc1cc([N+](=O)[O-])c(C(=O)N(C)C(C)c2cccnc2)cc1SC. The molecule has 0 bridgehead atoms. The first-order chi connectivity index (χ1) is 11.9. The average molecular weight is 361 g/mol. The number of carbonyl (C=O) groups is 1. The van der Waals surface area contributed by atoms with Crippen LogP contribution in [-0.2, 0) is 0 Å². The van der Waals surface area contributed by atoms with E-state index in [9.17, 15) is 14.9 Å². The summed E-state index contributed by atoms with van der Waals surface area (Å²) in [4.78, 5) is 29.9. The molecule has 1 atom stereocenters. The van der Waals surface area contributed by atoms with Crippen LogP contribution in [0.1, 0.15) is 28.9 Å². The number of nitrogens with zero attached hydrogens (tertiary/aromatic N) is 3. The van der Waals surface area contributed by atoms with Gasteiger partial charge in [0.05, 0.1) is 29.0 Å². The Kier molecular flexibility index (Phi) is 5.97. The Bertz CT molecular complexity index is 783. The number of carbonyl (C=O) groups excluding carboxylic acids is 1. The molecule has 132 valence electrons. The van der Waals surface area contributed by atoms with Crippen molar-refractivity contribution in [1.82, 2.24) is 9.88 Å². The van der Waals surface area contributed by atoms with E-state index in [0.717, 1.165) is 5.56 Å². The van der Waals surface area contributed by atoms with Crippen LogP contribution in [-0.4, -0.2) is 41.1 Å². The summed E-state index contributed by atoms with van der Waals surface area (Å²) in [5, 5.41) is 11.4. The van der Waals surface area contributed by atoms with Crippen molar-refractivity contribution >= 4 is 23.4 Å². The maximum atomic E-state index is 12.9. The molecule has 1 heterocycles. The zero-order valence-electron chi connectivity index (χ0n) is 14.4. The molecule has 0 aliphatic carbocycles. The number of hydrogen-bond donors (Lipinski definition) is 0. The molecular weight excluding hydrogens is 342 g/mol. The standard InChI is InChI=1S/C17H19N3O4S/c1-11(12-6-5-7-18-10-12)19(2)17(21)13-8-16(25-4)15(24-3)9-14(13)20(22)23/h5-11H,1-4H3. The number of nitro groups is 1. The maximum Gasteiger partial charge on any atom is 0.285 e. The van der Waals surface area contributed by atoms with Crippen molar-refractivity contribution < 1.29 is 14.5 Å². The lowest BCUT2D eigenvalue weighted by molar-refractivity contribution is -0.385. The highest BCUT2D eigenvalue weighted by Gasteiger charge is 2.28. The summed E-state index contributed by atoms with van der Waals surface area (Å²) in [7, 11) is 3.06. The molecule has 2 aromatic rings. The molecule has 25 heavy (non-hydrogen) atoms. The fraction of sp³-hybridized carbons (Fsp3) is 0.294. The van der Waals surface area contributed by atoms with Crippen LogP contribution in [0.4, 0.5) is 5.69 Å². The average Bonchev–Trinajstić information content (AvgIpc) is 2.65. The first-order valence-corrected chi connectivity index (χ1v) is 8.70. The number of pyridine rings is 1. The van der Waals surface area contributed by atoms with E-state index in [0.29, 0.717) is 10.6 Å². The molecule has 0 fully saturated rings. The lowest BCUT2D eigenvalue weighted by Gasteiger charge is -2.25. The van der Waals surface area contributed by atoms with Gasteiger partial charge in [-0.1, -0.05) is 6.07 Å². The molecule has 1 unspecified atom stereocenters.